The van der Waals surface area contributed by atoms with Crippen molar-refractivity contribution >= 4 is 29.2 Å². The Kier molecular flexibility index (Phi) is 5.98. The number of carboxylic acid groups (broad SMARTS) is 1. The second kappa shape index (κ2) is 7.77. The molecular weight excluding hydrogens is 339 g/mol. The van der Waals surface area contributed by atoms with Gasteiger partial charge in [0, 0.05) is 6.54 Å². The number of carbonyl (C=O) groups is 1. The van der Waals surface area contributed by atoms with Crippen LogP contribution in [0.15, 0.2) is 24.4 Å². The van der Waals surface area contributed by atoms with Crippen molar-refractivity contribution in [3.63, 3.8) is 0 Å². The van der Waals surface area contributed by atoms with E-state index in [0.29, 0.717) is 34.4 Å². The molecule has 6 nitrogen and oxygen atoms in total. The van der Waals surface area contributed by atoms with Crippen LogP contribution in [-0.4, -0.2) is 32.1 Å². The molecule has 2 rings (SSSR count). The van der Waals surface area contributed by atoms with Gasteiger partial charge in [-0.1, -0.05) is 48.3 Å². The highest BCUT2D eigenvalue weighted by molar-refractivity contribution is 6.43. The molecule has 1 unspecified atom stereocenters. The van der Waals surface area contributed by atoms with Crippen LogP contribution in [0.1, 0.15) is 26.0 Å². The maximum Gasteiger partial charge on any atom is 0.320 e. The Balaban J connectivity index is 2.07. The van der Waals surface area contributed by atoms with Gasteiger partial charge >= 0.3 is 5.97 Å². The lowest BCUT2D eigenvalue weighted by atomic mass is 10.0. The number of aliphatic carboxylic acids is 1. The molecule has 0 saturated heterocycles. The summed E-state index contributed by atoms with van der Waals surface area (Å²) in [6, 6.07) is 4.62. The Labute approximate surface area is 144 Å². The zero-order chi connectivity index (χ0) is 17.0. The molecule has 8 heteroatoms. The number of rotatable bonds is 7. The molecule has 0 spiro atoms. The molecule has 0 saturated carbocycles. The summed E-state index contributed by atoms with van der Waals surface area (Å²) in [5.41, 5.74) is 1.24. The predicted molar refractivity (Wildman–Crippen MR) is 89.1 cm³/mol. The largest absolute Gasteiger partial charge is 0.480 e. The third kappa shape index (κ3) is 4.67. The molecule has 0 fully saturated rings. The Morgan fingerprint density at radius 2 is 2.13 bits per heavy atom. The first-order valence-electron chi connectivity index (χ1n) is 7.20. The molecule has 2 aromatic rings. The topological polar surface area (TPSA) is 80.0 Å². The molecule has 0 aliphatic heterocycles. The zero-order valence-corrected chi connectivity index (χ0v) is 14.3. The van der Waals surface area contributed by atoms with Crippen molar-refractivity contribution in [1.82, 2.24) is 20.3 Å². The number of hydrogen-bond acceptors (Lipinski definition) is 4. The fourth-order valence-corrected chi connectivity index (χ4v) is 2.52. The van der Waals surface area contributed by atoms with Crippen LogP contribution < -0.4 is 5.32 Å². The molecule has 0 aliphatic rings. The first-order chi connectivity index (χ1) is 10.9. The first-order valence-corrected chi connectivity index (χ1v) is 7.96. The summed E-state index contributed by atoms with van der Waals surface area (Å²) in [7, 11) is 0. The molecule has 0 bridgehead atoms. The summed E-state index contributed by atoms with van der Waals surface area (Å²) < 4.78 is 1.52. The van der Waals surface area contributed by atoms with Crippen molar-refractivity contribution in [1.29, 1.82) is 0 Å². The van der Waals surface area contributed by atoms with Gasteiger partial charge in [0.15, 0.2) is 0 Å². The Bertz CT molecular complexity index is 688. The van der Waals surface area contributed by atoms with Gasteiger partial charge in [-0.3, -0.25) is 10.1 Å². The van der Waals surface area contributed by atoms with Crippen LogP contribution in [0.3, 0.4) is 0 Å². The van der Waals surface area contributed by atoms with Crippen molar-refractivity contribution in [2.75, 3.05) is 0 Å². The standard InChI is InChI=1S/C15H18Cl2N4O2/c1-9(2)6-12(15(22)23)18-7-10-8-21(20-19-10)13-5-3-4-11(16)14(13)17/h3-5,8-9,12,18H,6-7H2,1-2H3,(H,22,23). The second-order valence-corrected chi connectivity index (χ2v) is 6.41. The number of halogens is 2. The first kappa shape index (κ1) is 17.7. The molecule has 1 aromatic carbocycles. The fraction of sp³-hybridized carbons (Fsp3) is 0.400. The summed E-state index contributed by atoms with van der Waals surface area (Å²) >= 11 is 12.1. The van der Waals surface area contributed by atoms with Crippen molar-refractivity contribution in [2.45, 2.75) is 32.9 Å². The normalized spacial score (nSPS) is 12.6. The fourth-order valence-electron chi connectivity index (χ4n) is 2.14. The molecule has 2 N–H and O–H groups in total. The van der Waals surface area contributed by atoms with Crippen LogP contribution in [0, 0.1) is 5.92 Å². The summed E-state index contributed by atoms with van der Waals surface area (Å²) in [6.07, 6.45) is 2.24. The van der Waals surface area contributed by atoms with E-state index in [1.165, 1.54) is 4.68 Å². The average molecular weight is 357 g/mol. The van der Waals surface area contributed by atoms with Crippen LogP contribution >= 0.6 is 23.2 Å². The summed E-state index contributed by atoms with van der Waals surface area (Å²) in [5, 5.41) is 21.1. The molecule has 1 heterocycles. The molecular formula is C15H18Cl2N4O2. The van der Waals surface area contributed by atoms with Gasteiger partial charge in [-0.2, -0.15) is 0 Å². The van der Waals surface area contributed by atoms with E-state index in [2.05, 4.69) is 15.6 Å². The van der Waals surface area contributed by atoms with Crippen LogP contribution in [-0.2, 0) is 11.3 Å². The Morgan fingerprint density at radius 3 is 2.78 bits per heavy atom. The van der Waals surface area contributed by atoms with E-state index in [0.717, 1.165) is 0 Å². The van der Waals surface area contributed by atoms with E-state index in [1.54, 1.807) is 24.4 Å². The van der Waals surface area contributed by atoms with E-state index in [-0.39, 0.29) is 5.92 Å². The number of hydrogen-bond donors (Lipinski definition) is 2. The number of aromatic nitrogens is 3. The van der Waals surface area contributed by atoms with E-state index < -0.39 is 12.0 Å². The van der Waals surface area contributed by atoms with Crippen LogP contribution in [0.2, 0.25) is 10.0 Å². The SMILES string of the molecule is CC(C)CC(NCc1cn(-c2cccc(Cl)c2Cl)nn1)C(=O)O. The minimum Gasteiger partial charge on any atom is -0.480 e. The minimum absolute atomic E-state index is 0.282. The Hall–Kier alpha value is -1.63. The lowest BCUT2D eigenvalue weighted by molar-refractivity contribution is -0.140. The van der Waals surface area contributed by atoms with E-state index in [4.69, 9.17) is 23.2 Å². The molecule has 1 atom stereocenters. The van der Waals surface area contributed by atoms with Crippen LogP contribution in [0.5, 0.6) is 0 Å². The summed E-state index contributed by atoms with van der Waals surface area (Å²) in [4.78, 5) is 11.2. The lowest BCUT2D eigenvalue weighted by Crippen LogP contribution is -2.37. The van der Waals surface area contributed by atoms with Gasteiger partial charge in [0.05, 0.1) is 27.6 Å². The van der Waals surface area contributed by atoms with Gasteiger partial charge in [0.1, 0.15) is 6.04 Å². The van der Waals surface area contributed by atoms with E-state index in [1.807, 2.05) is 13.8 Å². The van der Waals surface area contributed by atoms with Gasteiger partial charge < -0.3 is 5.11 Å². The molecule has 0 radical (unpaired) electrons. The maximum absolute atomic E-state index is 11.2. The van der Waals surface area contributed by atoms with Gasteiger partial charge in [-0.25, -0.2) is 4.68 Å². The maximum atomic E-state index is 11.2. The minimum atomic E-state index is -0.871. The number of carboxylic acids is 1. The van der Waals surface area contributed by atoms with Crippen molar-refractivity contribution < 1.29 is 9.90 Å². The molecule has 0 aliphatic carbocycles. The highest BCUT2D eigenvalue weighted by Gasteiger charge is 2.18. The highest BCUT2D eigenvalue weighted by atomic mass is 35.5. The Morgan fingerprint density at radius 1 is 1.39 bits per heavy atom. The number of benzene rings is 1. The highest BCUT2D eigenvalue weighted by Crippen LogP contribution is 2.27. The number of nitrogens with zero attached hydrogens (tertiary/aromatic N) is 3. The van der Waals surface area contributed by atoms with Crippen molar-refractivity contribution in [2.24, 2.45) is 5.92 Å². The average Bonchev–Trinajstić information content (AvgIpc) is 2.94. The van der Waals surface area contributed by atoms with E-state index >= 15 is 0 Å². The molecule has 0 amide bonds. The van der Waals surface area contributed by atoms with Gasteiger partial charge in [-0.05, 0) is 24.5 Å². The van der Waals surface area contributed by atoms with Gasteiger partial charge in [0.2, 0.25) is 0 Å². The van der Waals surface area contributed by atoms with Crippen LogP contribution in [0.25, 0.3) is 5.69 Å². The molecule has 1 aromatic heterocycles. The monoisotopic (exact) mass is 356 g/mol. The molecule has 23 heavy (non-hydrogen) atoms. The molecule has 124 valence electrons. The predicted octanol–water partition coefficient (Wildman–Crippen LogP) is 3.16. The van der Waals surface area contributed by atoms with Gasteiger partial charge in [-0.15, -0.1) is 5.10 Å². The third-order valence-electron chi connectivity index (χ3n) is 3.25. The smallest absolute Gasteiger partial charge is 0.320 e. The summed E-state index contributed by atoms with van der Waals surface area (Å²) in [5.74, 6) is -0.589. The number of nitrogens with one attached hydrogen (secondary N) is 1. The van der Waals surface area contributed by atoms with Crippen LogP contribution in [0.4, 0.5) is 0 Å². The third-order valence-corrected chi connectivity index (χ3v) is 4.06. The van der Waals surface area contributed by atoms with Crippen molar-refractivity contribution in [3.8, 4) is 5.69 Å². The zero-order valence-electron chi connectivity index (χ0n) is 12.8. The quantitative estimate of drug-likeness (QED) is 0.796. The van der Waals surface area contributed by atoms with Crippen molar-refractivity contribution in [3.05, 3.63) is 40.1 Å². The lowest BCUT2D eigenvalue weighted by Gasteiger charge is -2.15. The van der Waals surface area contributed by atoms with Gasteiger partial charge in [0.25, 0.3) is 0 Å². The summed E-state index contributed by atoms with van der Waals surface area (Å²) in [6.45, 7) is 4.27. The van der Waals surface area contributed by atoms with E-state index in [9.17, 15) is 9.90 Å². The second-order valence-electron chi connectivity index (χ2n) is 5.63.